The van der Waals surface area contributed by atoms with Crippen molar-refractivity contribution < 1.29 is 13.2 Å². The molecule has 1 saturated carbocycles. The van der Waals surface area contributed by atoms with Crippen molar-refractivity contribution in [3.63, 3.8) is 0 Å². The Bertz CT molecular complexity index is 1290. The summed E-state index contributed by atoms with van der Waals surface area (Å²) in [4.78, 5) is 0.265. The molecule has 148 valence electrons. The molecule has 0 bridgehead atoms. The largest absolute Gasteiger partial charge is 0.492 e. The van der Waals surface area contributed by atoms with Gasteiger partial charge in [0.05, 0.1) is 10.4 Å². The van der Waals surface area contributed by atoms with E-state index in [1.54, 1.807) is 24.3 Å². The van der Waals surface area contributed by atoms with Gasteiger partial charge in [0.15, 0.2) is 5.03 Å². The van der Waals surface area contributed by atoms with E-state index in [9.17, 15) is 8.42 Å². The SMILES string of the molecule is O=S(=O)(c1cccc2ccccc12)c1[nH]nc2ccc(OCCNC3CC3)cc12. The first-order valence-electron chi connectivity index (χ1n) is 9.70. The summed E-state index contributed by atoms with van der Waals surface area (Å²) in [5.74, 6) is 0.630. The molecule has 1 heterocycles. The third-order valence-corrected chi connectivity index (χ3v) is 6.96. The highest BCUT2D eigenvalue weighted by Gasteiger charge is 2.25. The maximum atomic E-state index is 13.5. The van der Waals surface area contributed by atoms with E-state index in [1.165, 1.54) is 12.8 Å². The normalized spacial score (nSPS) is 14.5. The molecule has 0 amide bonds. The van der Waals surface area contributed by atoms with Crippen LogP contribution in [0.3, 0.4) is 0 Å². The number of benzene rings is 3. The number of rotatable bonds is 7. The van der Waals surface area contributed by atoms with Gasteiger partial charge in [0, 0.05) is 23.4 Å². The fourth-order valence-corrected chi connectivity index (χ4v) is 5.09. The number of nitrogens with zero attached hydrogens (tertiary/aromatic N) is 1. The van der Waals surface area contributed by atoms with Gasteiger partial charge < -0.3 is 10.1 Å². The van der Waals surface area contributed by atoms with Gasteiger partial charge in [-0.1, -0.05) is 36.4 Å². The molecule has 1 aliphatic rings. The maximum absolute atomic E-state index is 13.5. The Morgan fingerprint density at radius 1 is 1.03 bits per heavy atom. The minimum Gasteiger partial charge on any atom is -0.492 e. The number of hydrogen-bond donors (Lipinski definition) is 2. The first-order chi connectivity index (χ1) is 14.1. The van der Waals surface area contributed by atoms with Crippen LogP contribution in [0.25, 0.3) is 21.7 Å². The molecule has 0 radical (unpaired) electrons. The summed E-state index contributed by atoms with van der Waals surface area (Å²) in [5, 5.41) is 12.5. The Balaban J connectivity index is 1.50. The number of nitrogens with one attached hydrogen (secondary N) is 2. The van der Waals surface area contributed by atoms with Crippen LogP contribution in [0.4, 0.5) is 0 Å². The first kappa shape index (κ1) is 18.1. The van der Waals surface area contributed by atoms with Crippen LogP contribution in [0.15, 0.2) is 70.6 Å². The lowest BCUT2D eigenvalue weighted by molar-refractivity contribution is 0.314. The van der Waals surface area contributed by atoms with E-state index in [0.717, 1.165) is 11.9 Å². The summed E-state index contributed by atoms with van der Waals surface area (Å²) >= 11 is 0. The Morgan fingerprint density at radius 3 is 2.72 bits per heavy atom. The molecule has 6 nitrogen and oxygen atoms in total. The highest BCUT2D eigenvalue weighted by atomic mass is 32.2. The molecule has 0 atom stereocenters. The van der Waals surface area contributed by atoms with Crippen molar-refractivity contribution in [2.45, 2.75) is 28.8 Å². The zero-order chi connectivity index (χ0) is 19.8. The predicted octanol–water partition coefficient (Wildman–Crippen LogP) is 3.68. The van der Waals surface area contributed by atoms with Crippen LogP contribution in [-0.2, 0) is 9.84 Å². The average Bonchev–Trinajstić information content (AvgIpc) is 3.47. The summed E-state index contributed by atoms with van der Waals surface area (Å²) in [6.07, 6.45) is 2.47. The van der Waals surface area contributed by atoms with Gasteiger partial charge in [-0.15, -0.1) is 0 Å². The molecule has 29 heavy (non-hydrogen) atoms. The van der Waals surface area contributed by atoms with E-state index in [1.807, 2.05) is 36.4 Å². The second-order valence-electron chi connectivity index (χ2n) is 7.29. The molecule has 1 fully saturated rings. The lowest BCUT2D eigenvalue weighted by Crippen LogP contribution is -2.22. The second kappa shape index (κ2) is 7.17. The molecule has 4 aromatic rings. The van der Waals surface area contributed by atoms with Crippen LogP contribution in [0.2, 0.25) is 0 Å². The quantitative estimate of drug-likeness (QED) is 0.457. The van der Waals surface area contributed by atoms with Crippen LogP contribution in [-0.4, -0.2) is 37.8 Å². The Kier molecular flexibility index (Phi) is 4.49. The molecule has 1 aliphatic carbocycles. The maximum Gasteiger partial charge on any atom is 0.224 e. The Hall–Kier alpha value is -2.90. The van der Waals surface area contributed by atoms with E-state index in [-0.39, 0.29) is 9.92 Å². The van der Waals surface area contributed by atoms with E-state index >= 15 is 0 Å². The number of H-pyrrole nitrogens is 1. The van der Waals surface area contributed by atoms with E-state index in [4.69, 9.17) is 4.74 Å². The number of ether oxygens (including phenoxy) is 1. The van der Waals surface area contributed by atoms with E-state index in [0.29, 0.717) is 34.7 Å². The Labute approximate surface area is 168 Å². The van der Waals surface area contributed by atoms with Crippen molar-refractivity contribution in [1.29, 1.82) is 0 Å². The molecule has 3 aromatic carbocycles. The molecular formula is C22H21N3O3S. The topological polar surface area (TPSA) is 84.1 Å². The summed E-state index contributed by atoms with van der Waals surface area (Å²) in [5.41, 5.74) is 0.590. The van der Waals surface area contributed by atoms with Crippen LogP contribution < -0.4 is 10.1 Å². The molecule has 0 aliphatic heterocycles. The zero-order valence-electron chi connectivity index (χ0n) is 15.8. The van der Waals surface area contributed by atoms with Gasteiger partial charge in [0.1, 0.15) is 12.4 Å². The second-order valence-corrected chi connectivity index (χ2v) is 9.14. The number of sulfone groups is 1. The molecule has 7 heteroatoms. The predicted molar refractivity (Wildman–Crippen MR) is 112 cm³/mol. The summed E-state index contributed by atoms with van der Waals surface area (Å²) < 4.78 is 32.7. The highest BCUT2D eigenvalue weighted by molar-refractivity contribution is 7.91. The fraction of sp³-hybridized carbons (Fsp3) is 0.227. The van der Waals surface area contributed by atoms with Crippen molar-refractivity contribution in [2.24, 2.45) is 0 Å². The van der Waals surface area contributed by atoms with E-state index in [2.05, 4.69) is 15.5 Å². The molecule has 2 N–H and O–H groups in total. The molecule has 1 aromatic heterocycles. The number of aromatic amines is 1. The standard InChI is InChI=1S/C22H21N3O3S/c26-29(27,21-7-3-5-15-4-1-2-6-18(15)21)22-19-14-17(10-11-20(19)24-25-22)28-13-12-23-16-8-9-16/h1-7,10-11,14,16,23H,8-9,12-13H2,(H,24,25). The molecular weight excluding hydrogens is 386 g/mol. The third-order valence-electron chi connectivity index (χ3n) is 5.18. The van der Waals surface area contributed by atoms with Crippen molar-refractivity contribution in [3.8, 4) is 5.75 Å². The average molecular weight is 407 g/mol. The van der Waals surface area contributed by atoms with Crippen molar-refractivity contribution in [3.05, 3.63) is 60.7 Å². The zero-order valence-corrected chi connectivity index (χ0v) is 16.6. The van der Waals surface area contributed by atoms with Crippen molar-refractivity contribution in [2.75, 3.05) is 13.2 Å². The van der Waals surface area contributed by atoms with Gasteiger partial charge in [0.25, 0.3) is 0 Å². The minimum atomic E-state index is -3.78. The molecule has 0 spiro atoms. The number of aromatic nitrogens is 2. The van der Waals surface area contributed by atoms with Gasteiger partial charge in [0.2, 0.25) is 9.84 Å². The summed E-state index contributed by atoms with van der Waals surface area (Å²) in [7, 11) is -3.78. The lowest BCUT2D eigenvalue weighted by Gasteiger charge is -2.09. The first-order valence-corrected chi connectivity index (χ1v) is 11.2. The third kappa shape index (κ3) is 3.47. The molecule has 0 saturated heterocycles. The Morgan fingerprint density at radius 2 is 1.86 bits per heavy atom. The monoisotopic (exact) mass is 407 g/mol. The molecule has 5 rings (SSSR count). The smallest absolute Gasteiger partial charge is 0.224 e. The van der Waals surface area contributed by atoms with Crippen LogP contribution in [0, 0.1) is 0 Å². The highest BCUT2D eigenvalue weighted by Crippen LogP contribution is 2.32. The summed E-state index contributed by atoms with van der Waals surface area (Å²) in [6.45, 7) is 1.31. The van der Waals surface area contributed by atoms with Crippen LogP contribution in [0.1, 0.15) is 12.8 Å². The van der Waals surface area contributed by atoms with Gasteiger partial charge in [-0.25, -0.2) is 8.42 Å². The number of hydrogen-bond acceptors (Lipinski definition) is 5. The van der Waals surface area contributed by atoms with Crippen molar-refractivity contribution in [1.82, 2.24) is 15.5 Å². The van der Waals surface area contributed by atoms with Gasteiger partial charge >= 0.3 is 0 Å². The van der Waals surface area contributed by atoms with Gasteiger partial charge in [-0.2, -0.15) is 5.10 Å². The fourth-order valence-electron chi connectivity index (χ4n) is 3.52. The van der Waals surface area contributed by atoms with Crippen LogP contribution in [0.5, 0.6) is 5.75 Å². The minimum absolute atomic E-state index is 0.0883. The van der Waals surface area contributed by atoms with Crippen LogP contribution >= 0.6 is 0 Å². The summed E-state index contributed by atoms with van der Waals surface area (Å²) in [6, 6.07) is 18.7. The van der Waals surface area contributed by atoms with E-state index < -0.39 is 9.84 Å². The van der Waals surface area contributed by atoms with Gasteiger partial charge in [-0.3, -0.25) is 5.10 Å². The molecule has 0 unspecified atom stereocenters. The van der Waals surface area contributed by atoms with Crippen molar-refractivity contribution >= 4 is 31.5 Å². The van der Waals surface area contributed by atoms with Gasteiger partial charge in [-0.05, 0) is 42.5 Å². The lowest BCUT2D eigenvalue weighted by atomic mass is 10.1. The number of fused-ring (bicyclic) bond motifs is 2.